The number of pyridine rings is 1. The monoisotopic (exact) mass is 532 g/mol. The first-order chi connectivity index (χ1) is 18.7. The van der Waals surface area contributed by atoms with E-state index in [1.54, 1.807) is 29.4 Å². The van der Waals surface area contributed by atoms with Crippen molar-refractivity contribution in [3.05, 3.63) is 92.6 Å². The molecule has 0 saturated carbocycles. The maximum Gasteiger partial charge on any atom is 0.253 e. The normalized spacial score (nSPS) is 16.4. The van der Waals surface area contributed by atoms with Crippen LogP contribution in [0.4, 0.5) is 0 Å². The molecule has 1 fully saturated rings. The number of aromatic amines is 1. The summed E-state index contributed by atoms with van der Waals surface area (Å²) in [5, 5.41) is 15.7. The molecule has 2 atom stereocenters. The molecule has 11 heteroatoms. The summed E-state index contributed by atoms with van der Waals surface area (Å²) in [5.74, 6) is 2.07. The summed E-state index contributed by atoms with van der Waals surface area (Å²) in [4.78, 5) is 20.0. The van der Waals surface area contributed by atoms with Gasteiger partial charge in [-0.1, -0.05) is 6.07 Å². The number of furan rings is 1. The zero-order chi connectivity index (χ0) is 25.9. The third-order valence-electron chi connectivity index (χ3n) is 6.82. The van der Waals surface area contributed by atoms with Crippen LogP contribution in [0.5, 0.6) is 5.75 Å². The van der Waals surface area contributed by atoms with Gasteiger partial charge in [0.15, 0.2) is 5.82 Å². The quantitative estimate of drug-likeness (QED) is 0.286. The molecule has 0 spiro atoms. The van der Waals surface area contributed by atoms with Gasteiger partial charge in [0.25, 0.3) is 5.56 Å². The molecule has 0 radical (unpaired) electrons. The van der Waals surface area contributed by atoms with Gasteiger partial charge in [-0.3, -0.25) is 9.69 Å². The fourth-order valence-electron chi connectivity index (χ4n) is 4.99. The summed E-state index contributed by atoms with van der Waals surface area (Å²) in [6.07, 6.45) is 3.66. The van der Waals surface area contributed by atoms with Crippen molar-refractivity contribution in [2.24, 2.45) is 0 Å². The summed E-state index contributed by atoms with van der Waals surface area (Å²) in [6, 6.07) is 14.9. The average molecular weight is 533 g/mol. The number of H-pyrrole nitrogens is 1. The number of ether oxygens (including phenoxy) is 2. The molecule has 10 nitrogen and oxygen atoms in total. The third kappa shape index (κ3) is 5.13. The Labute approximate surface area is 222 Å². The van der Waals surface area contributed by atoms with Gasteiger partial charge >= 0.3 is 0 Å². The van der Waals surface area contributed by atoms with Crippen LogP contribution in [0.1, 0.15) is 40.9 Å². The molecule has 1 saturated heterocycles. The van der Waals surface area contributed by atoms with E-state index in [0.717, 1.165) is 41.0 Å². The highest BCUT2D eigenvalue weighted by molar-refractivity contribution is 7.09. The maximum atomic E-state index is 13.7. The van der Waals surface area contributed by atoms with Gasteiger partial charge in [0.05, 0.1) is 32.6 Å². The van der Waals surface area contributed by atoms with Crippen molar-refractivity contribution in [3.8, 4) is 5.75 Å². The number of nitrogens with one attached hydrogen (secondary N) is 1. The second kappa shape index (κ2) is 10.9. The summed E-state index contributed by atoms with van der Waals surface area (Å²) in [6.45, 7) is 2.29. The summed E-state index contributed by atoms with van der Waals surface area (Å²) in [7, 11) is 1.63. The van der Waals surface area contributed by atoms with Crippen molar-refractivity contribution in [1.29, 1.82) is 0 Å². The van der Waals surface area contributed by atoms with E-state index in [4.69, 9.17) is 13.9 Å². The van der Waals surface area contributed by atoms with Crippen LogP contribution in [0.15, 0.2) is 69.4 Å². The predicted molar refractivity (Wildman–Crippen MR) is 142 cm³/mol. The number of benzene rings is 1. The summed E-state index contributed by atoms with van der Waals surface area (Å²) >= 11 is 1.66. The minimum absolute atomic E-state index is 0.0351. The minimum atomic E-state index is -0.557. The van der Waals surface area contributed by atoms with Crippen LogP contribution in [0.3, 0.4) is 0 Å². The van der Waals surface area contributed by atoms with E-state index in [1.165, 1.54) is 0 Å². The number of thiophene rings is 1. The van der Waals surface area contributed by atoms with E-state index in [0.29, 0.717) is 36.8 Å². The number of rotatable bonds is 10. The van der Waals surface area contributed by atoms with Crippen LogP contribution in [-0.4, -0.2) is 49.9 Å². The van der Waals surface area contributed by atoms with Gasteiger partial charge in [-0.15, -0.1) is 16.4 Å². The minimum Gasteiger partial charge on any atom is -0.497 e. The van der Waals surface area contributed by atoms with E-state index in [9.17, 15) is 4.79 Å². The molecular weight excluding hydrogens is 504 g/mol. The SMILES string of the molecule is COc1ccc2[nH]c(=O)c([C@@H](c3nnnn3C[C@H]3CCCO3)N(Cc3ccco3)Cc3cccs3)cc2c1. The number of tetrazole rings is 1. The molecule has 1 aliphatic rings. The highest BCUT2D eigenvalue weighted by Crippen LogP contribution is 2.32. The molecule has 0 aliphatic carbocycles. The van der Waals surface area contributed by atoms with Gasteiger partial charge in [0.2, 0.25) is 0 Å². The number of nitrogens with zero attached hydrogens (tertiary/aromatic N) is 5. The first kappa shape index (κ1) is 24.5. The molecule has 1 aromatic carbocycles. The summed E-state index contributed by atoms with van der Waals surface area (Å²) < 4.78 is 18.8. The van der Waals surface area contributed by atoms with Crippen LogP contribution in [-0.2, 0) is 24.4 Å². The molecule has 6 rings (SSSR count). The molecule has 0 amide bonds. The first-order valence-corrected chi connectivity index (χ1v) is 13.4. The molecule has 0 bridgehead atoms. The van der Waals surface area contributed by atoms with Gasteiger partial charge in [-0.05, 0) is 71.1 Å². The fourth-order valence-corrected chi connectivity index (χ4v) is 5.72. The van der Waals surface area contributed by atoms with Crippen LogP contribution in [0.2, 0.25) is 0 Å². The molecule has 5 aromatic rings. The lowest BCUT2D eigenvalue weighted by Crippen LogP contribution is -2.35. The molecule has 4 aromatic heterocycles. The van der Waals surface area contributed by atoms with Crippen LogP contribution in [0, 0.1) is 0 Å². The highest BCUT2D eigenvalue weighted by atomic mass is 32.1. The standard InChI is InChI=1S/C27H28N6O4S/c1-35-19-8-9-24-18(13-19)14-23(27(34)28-24)25(26-29-30-31-33(26)16-21-6-3-11-37-21)32(15-20-5-2-10-36-20)17-22-7-4-12-38-22/h2,4-5,7-10,12-14,21,25H,3,6,11,15-17H2,1H3,(H,28,34)/t21-,25+/m1/s1. The van der Waals surface area contributed by atoms with Gasteiger partial charge in [0.1, 0.15) is 17.6 Å². The van der Waals surface area contributed by atoms with Gasteiger partial charge in [-0.2, -0.15) is 0 Å². The topological polar surface area (TPSA) is 111 Å². The van der Waals surface area contributed by atoms with E-state index < -0.39 is 6.04 Å². The lowest BCUT2D eigenvalue weighted by Gasteiger charge is -2.30. The Bertz CT molecular complexity index is 1500. The smallest absolute Gasteiger partial charge is 0.253 e. The highest BCUT2D eigenvalue weighted by Gasteiger charge is 2.32. The molecule has 1 aliphatic heterocycles. The predicted octanol–water partition coefficient (Wildman–Crippen LogP) is 4.15. The van der Waals surface area contributed by atoms with Crippen LogP contribution in [0.25, 0.3) is 10.9 Å². The zero-order valence-corrected chi connectivity index (χ0v) is 21.8. The number of fused-ring (bicyclic) bond motifs is 1. The number of hydrogen-bond donors (Lipinski definition) is 1. The molecule has 1 N–H and O–H groups in total. The van der Waals surface area contributed by atoms with Crippen molar-refractivity contribution in [2.45, 2.75) is 44.6 Å². The van der Waals surface area contributed by atoms with Crippen molar-refractivity contribution in [1.82, 2.24) is 30.1 Å². The Morgan fingerprint density at radius 1 is 1.24 bits per heavy atom. The molecule has 0 unspecified atom stereocenters. The molecular formula is C27H28N6O4S. The van der Waals surface area contributed by atoms with Crippen LogP contribution < -0.4 is 10.3 Å². The van der Waals surface area contributed by atoms with Crippen LogP contribution >= 0.6 is 11.3 Å². The van der Waals surface area contributed by atoms with E-state index >= 15 is 0 Å². The Kier molecular flexibility index (Phi) is 7.04. The first-order valence-electron chi connectivity index (χ1n) is 12.6. The molecule has 38 heavy (non-hydrogen) atoms. The van der Waals surface area contributed by atoms with E-state index in [1.807, 2.05) is 47.8 Å². The van der Waals surface area contributed by atoms with Crippen molar-refractivity contribution in [2.75, 3.05) is 13.7 Å². The van der Waals surface area contributed by atoms with Gasteiger partial charge < -0.3 is 18.9 Å². The van der Waals surface area contributed by atoms with Gasteiger partial charge in [0, 0.05) is 34.5 Å². The number of hydrogen-bond acceptors (Lipinski definition) is 9. The Balaban J connectivity index is 1.50. The van der Waals surface area contributed by atoms with Crippen molar-refractivity contribution >= 4 is 22.2 Å². The lowest BCUT2D eigenvalue weighted by atomic mass is 10.0. The second-order valence-corrected chi connectivity index (χ2v) is 10.4. The fraction of sp³-hybridized carbons (Fsp3) is 0.333. The lowest BCUT2D eigenvalue weighted by molar-refractivity contribution is 0.0901. The second-order valence-electron chi connectivity index (χ2n) is 9.33. The largest absolute Gasteiger partial charge is 0.497 e. The van der Waals surface area contributed by atoms with E-state index in [2.05, 4.69) is 31.5 Å². The Morgan fingerprint density at radius 2 is 2.18 bits per heavy atom. The number of aromatic nitrogens is 5. The average Bonchev–Trinajstić information content (AvgIpc) is 3.74. The molecule has 196 valence electrons. The van der Waals surface area contributed by atoms with E-state index in [-0.39, 0.29) is 11.7 Å². The Morgan fingerprint density at radius 3 is 2.95 bits per heavy atom. The number of methoxy groups -OCH3 is 1. The zero-order valence-electron chi connectivity index (χ0n) is 20.9. The Hall–Kier alpha value is -3.80. The van der Waals surface area contributed by atoms with Crippen molar-refractivity contribution in [3.63, 3.8) is 0 Å². The van der Waals surface area contributed by atoms with Crippen molar-refractivity contribution < 1.29 is 13.9 Å². The van der Waals surface area contributed by atoms with Gasteiger partial charge in [-0.25, -0.2) is 4.68 Å². The maximum absolute atomic E-state index is 13.7. The third-order valence-corrected chi connectivity index (χ3v) is 7.68. The molecule has 5 heterocycles. The summed E-state index contributed by atoms with van der Waals surface area (Å²) in [5.41, 5.74) is 1.07.